The summed E-state index contributed by atoms with van der Waals surface area (Å²) >= 11 is 0. The summed E-state index contributed by atoms with van der Waals surface area (Å²) in [5, 5.41) is 3.21. The van der Waals surface area contributed by atoms with Gasteiger partial charge in [0.05, 0.1) is 5.56 Å². The summed E-state index contributed by atoms with van der Waals surface area (Å²) in [6.45, 7) is 1.33. The third kappa shape index (κ3) is 4.35. The van der Waals surface area contributed by atoms with Gasteiger partial charge < -0.3 is 5.32 Å². The molecule has 0 aliphatic rings. The van der Waals surface area contributed by atoms with Crippen molar-refractivity contribution in [1.29, 1.82) is 0 Å². The second-order valence-electron chi connectivity index (χ2n) is 4.48. The maximum atomic E-state index is 12.4. The van der Waals surface area contributed by atoms with Crippen molar-refractivity contribution in [3.8, 4) is 0 Å². The van der Waals surface area contributed by atoms with E-state index in [9.17, 15) is 13.2 Å². The van der Waals surface area contributed by atoms with E-state index in [1.54, 1.807) is 12.4 Å². The molecular weight excluding hydrogens is 265 g/mol. The lowest BCUT2D eigenvalue weighted by atomic mass is 10.1. The van der Waals surface area contributed by atoms with Crippen molar-refractivity contribution in [3.05, 3.63) is 65.5 Å². The summed E-state index contributed by atoms with van der Waals surface area (Å²) in [7, 11) is 0. The first-order chi connectivity index (χ1) is 9.55. The topological polar surface area (TPSA) is 24.9 Å². The molecule has 0 spiro atoms. The van der Waals surface area contributed by atoms with Gasteiger partial charge in [0, 0.05) is 18.9 Å². The molecule has 0 amide bonds. The van der Waals surface area contributed by atoms with Gasteiger partial charge in [-0.3, -0.25) is 4.98 Å². The summed E-state index contributed by atoms with van der Waals surface area (Å²) in [5.74, 6) is 0. The Kier molecular flexibility index (Phi) is 4.74. The number of nitrogens with one attached hydrogen (secondary N) is 1. The van der Waals surface area contributed by atoms with Crippen LogP contribution in [-0.4, -0.2) is 11.5 Å². The molecule has 0 bridgehead atoms. The Hall–Kier alpha value is -1.88. The van der Waals surface area contributed by atoms with Crippen molar-refractivity contribution < 1.29 is 13.2 Å². The van der Waals surface area contributed by atoms with E-state index in [0.717, 1.165) is 30.7 Å². The Morgan fingerprint density at radius 3 is 2.15 bits per heavy atom. The number of hydrogen-bond donors (Lipinski definition) is 1. The molecule has 5 heteroatoms. The van der Waals surface area contributed by atoms with Crippen molar-refractivity contribution in [2.24, 2.45) is 0 Å². The summed E-state index contributed by atoms with van der Waals surface area (Å²) in [5.41, 5.74) is 1.41. The van der Waals surface area contributed by atoms with E-state index >= 15 is 0 Å². The summed E-state index contributed by atoms with van der Waals surface area (Å²) in [4.78, 5) is 3.94. The second kappa shape index (κ2) is 6.52. The third-order valence-corrected chi connectivity index (χ3v) is 2.95. The Labute approximate surface area is 115 Å². The highest BCUT2D eigenvalue weighted by Gasteiger charge is 2.29. The molecule has 2 nitrogen and oxygen atoms in total. The van der Waals surface area contributed by atoms with E-state index in [0.29, 0.717) is 6.54 Å². The van der Waals surface area contributed by atoms with Crippen LogP contribution in [-0.2, 0) is 19.1 Å². The van der Waals surface area contributed by atoms with Crippen molar-refractivity contribution in [2.75, 3.05) is 6.54 Å². The summed E-state index contributed by atoms with van der Waals surface area (Å²) < 4.78 is 37.2. The maximum absolute atomic E-state index is 12.4. The van der Waals surface area contributed by atoms with Crippen molar-refractivity contribution in [3.63, 3.8) is 0 Å². The third-order valence-electron chi connectivity index (χ3n) is 2.95. The van der Waals surface area contributed by atoms with Gasteiger partial charge in [-0.25, -0.2) is 0 Å². The zero-order valence-electron chi connectivity index (χ0n) is 10.8. The van der Waals surface area contributed by atoms with E-state index < -0.39 is 11.7 Å². The molecule has 1 heterocycles. The van der Waals surface area contributed by atoms with Crippen LogP contribution in [0, 0.1) is 0 Å². The number of halogens is 3. The highest BCUT2D eigenvalue weighted by molar-refractivity contribution is 5.24. The number of aromatic nitrogens is 1. The lowest BCUT2D eigenvalue weighted by molar-refractivity contribution is -0.137. The number of hydrogen-bond acceptors (Lipinski definition) is 2. The van der Waals surface area contributed by atoms with Gasteiger partial charge >= 0.3 is 6.18 Å². The van der Waals surface area contributed by atoms with Gasteiger partial charge in [0.2, 0.25) is 0 Å². The first-order valence-electron chi connectivity index (χ1n) is 6.31. The number of benzene rings is 1. The fraction of sp³-hybridized carbons (Fsp3) is 0.267. The molecule has 0 aliphatic carbocycles. The number of nitrogens with zero attached hydrogens (tertiary/aromatic N) is 1. The molecular formula is C15H15F3N2. The predicted octanol–water partition coefficient (Wildman–Crippen LogP) is 3.43. The van der Waals surface area contributed by atoms with Gasteiger partial charge in [0.25, 0.3) is 0 Å². The van der Waals surface area contributed by atoms with Gasteiger partial charge in [0.15, 0.2) is 0 Å². The minimum Gasteiger partial charge on any atom is -0.312 e. The van der Waals surface area contributed by atoms with Gasteiger partial charge in [-0.1, -0.05) is 12.1 Å². The molecule has 1 aromatic carbocycles. The Morgan fingerprint density at radius 2 is 1.55 bits per heavy atom. The van der Waals surface area contributed by atoms with Crippen LogP contribution in [0.4, 0.5) is 13.2 Å². The maximum Gasteiger partial charge on any atom is 0.416 e. The molecule has 20 heavy (non-hydrogen) atoms. The minimum atomic E-state index is -4.27. The number of pyridine rings is 1. The highest BCUT2D eigenvalue weighted by atomic mass is 19.4. The largest absolute Gasteiger partial charge is 0.416 e. The monoisotopic (exact) mass is 280 g/mol. The molecule has 0 atom stereocenters. The van der Waals surface area contributed by atoms with Gasteiger partial charge in [-0.05, 0) is 48.4 Å². The fourth-order valence-electron chi connectivity index (χ4n) is 1.83. The van der Waals surface area contributed by atoms with Crippen LogP contribution < -0.4 is 5.32 Å². The Morgan fingerprint density at radius 1 is 0.900 bits per heavy atom. The van der Waals surface area contributed by atoms with Gasteiger partial charge in [0.1, 0.15) is 0 Å². The van der Waals surface area contributed by atoms with E-state index in [1.165, 1.54) is 17.7 Å². The van der Waals surface area contributed by atoms with Crippen LogP contribution in [0.2, 0.25) is 0 Å². The van der Waals surface area contributed by atoms with E-state index in [-0.39, 0.29) is 0 Å². The van der Waals surface area contributed by atoms with E-state index in [1.807, 2.05) is 12.1 Å². The zero-order chi connectivity index (χ0) is 14.4. The fourth-order valence-corrected chi connectivity index (χ4v) is 1.83. The SMILES string of the molecule is FC(F)(F)c1ccc(CNCCc2ccncc2)cc1. The standard InChI is InChI=1S/C15H15F3N2/c16-15(17,18)14-3-1-13(2-4-14)11-20-10-7-12-5-8-19-9-6-12/h1-6,8-9,20H,7,10-11H2. The molecule has 0 fully saturated rings. The van der Waals surface area contributed by atoms with Crippen LogP contribution in [0.1, 0.15) is 16.7 Å². The van der Waals surface area contributed by atoms with Gasteiger partial charge in [-0.15, -0.1) is 0 Å². The van der Waals surface area contributed by atoms with Gasteiger partial charge in [-0.2, -0.15) is 13.2 Å². The summed E-state index contributed by atoms with van der Waals surface area (Å²) in [6.07, 6.45) is 0.0762. The zero-order valence-corrected chi connectivity index (χ0v) is 10.8. The summed E-state index contributed by atoms with van der Waals surface area (Å²) in [6, 6.07) is 9.11. The van der Waals surface area contributed by atoms with Crippen LogP contribution in [0.5, 0.6) is 0 Å². The highest BCUT2D eigenvalue weighted by Crippen LogP contribution is 2.28. The second-order valence-corrected chi connectivity index (χ2v) is 4.48. The molecule has 2 rings (SSSR count). The number of rotatable bonds is 5. The minimum absolute atomic E-state index is 0.559. The van der Waals surface area contributed by atoms with Crippen LogP contribution in [0.15, 0.2) is 48.8 Å². The number of alkyl halides is 3. The normalized spacial score (nSPS) is 11.6. The first kappa shape index (κ1) is 14.5. The quantitative estimate of drug-likeness (QED) is 0.849. The molecule has 0 unspecified atom stereocenters. The molecule has 0 saturated carbocycles. The molecule has 1 N–H and O–H groups in total. The predicted molar refractivity (Wildman–Crippen MR) is 71.1 cm³/mol. The molecule has 0 radical (unpaired) electrons. The first-order valence-corrected chi connectivity index (χ1v) is 6.31. The van der Waals surface area contributed by atoms with Crippen molar-refractivity contribution >= 4 is 0 Å². The molecule has 0 aliphatic heterocycles. The van der Waals surface area contributed by atoms with Crippen LogP contribution >= 0.6 is 0 Å². The average molecular weight is 280 g/mol. The molecule has 0 saturated heterocycles. The Bertz CT molecular complexity index is 521. The van der Waals surface area contributed by atoms with E-state index in [2.05, 4.69) is 10.3 Å². The Balaban J connectivity index is 1.77. The van der Waals surface area contributed by atoms with Crippen LogP contribution in [0.25, 0.3) is 0 Å². The lowest BCUT2D eigenvalue weighted by Crippen LogP contribution is -2.16. The molecule has 106 valence electrons. The molecule has 1 aromatic heterocycles. The van der Waals surface area contributed by atoms with Crippen molar-refractivity contribution in [1.82, 2.24) is 10.3 Å². The average Bonchev–Trinajstić information content (AvgIpc) is 2.44. The van der Waals surface area contributed by atoms with Crippen LogP contribution in [0.3, 0.4) is 0 Å². The lowest BCUT2D eigenvalue weighted by Gasteiger charge is -2.08. The van der Waals surface area contributed by atoms with Crippen molar-refractivity contribution in [2.45, 2.75) is 19.1 Å². The molecule has 2 aromatic rings. The smallest absolute Gasteiger partial charge is 0.312 e. The van der Waals surface area contributed by atoms with E-state index in [4.69, 9.17) is 0 Å².